The van der Waals surface area contributed by atoms with E-state index in [4.69, 9.17) is 26.8 Å². The number of hydrogen-bond donors (Lipinski definition) is 2. The van der Waals surface area contributed by atoms with Gasteiger partial charge in [-0.3, -0.25) is 0 Å². The van der Waals surface area contributed by atoms with Crippen molar-refractivity contribution in [2.75, 3.05) is 18.5 Å². The first-order valence-electron chi connectivity index (χ1n) is 7.94. The summed E-state index contributed by atoms with van der Waals surface area (Å²) in [4.78, 5) is 4.24. The van der Waals surface area contributed by atoms with E-state index in [1.54, 1.807) is 12.1 Å². The van der Waals surface area contributed by atoms with E-state index >= 15 is 0 Å². The average molecular weight is 494 g/mol. The molecule has 0 bridgehead atoms. The number of guanidine groups is 1. The van der Waals surface area contributed by atoms with Gasteiger partial charge in [0.1, 0.15) is 17.3 Å². The summed E-state index contributed by atoms with van der Waals surface area (Å²) in [6.45, 7) is 5.16. The van der Waals surface area contributed by atoms with Crippen LogP contribution in [0.25, 0.3) is 0 Å². The molecule has 0 fully saturated rings. The van der Waals surface area contributed by atoms with Crippen LogP contribution in [0.1, 0.15) is 19.4 Å². The lowest BCUT2D eigenvalue weighted by Crippen LogP contribution is -2.23. The Labute approximate surface area is 174 Å². The van der Waals surface area contributed by atoms with Crippen molar-refractivity contribution < 1.29 is 13.9 Å². The minimum Gasteiger partial charge on any atom is -0.494 e. The Kier molecular flexibility index (Phi) is 9.50. The summed E-state index contributed by atoms with van der Waals surface area (Å²) in [6.07, 6.45) is 0. The van der Waals surface area contributed by atoms with Crippen LogP contribution in [-0.4, -0.2) is 19.2 Å². The molecular weight excluding hydrogens is 472 g/mol. The van der Waals surface area contributed by atoms with Crippen LogP contribution < -0.4 is 20.5 Å². The lowest BCUT2D eigenvalue weighted by atomic mass is 10.2. The molecule has 142 valence electrons. The van der Waals surface area contributed by atoms with E-state index in [0.717, 1.165) is 5.56 Å². The molecule has 2 aromatic carbocycles. The monoisotopic (exact) mass is 493 g/mol. The molecule has 3 N–H and O–H groups in total. The topological polar surface area (TPSA) is 68.9 Å². The van der Waals surface area contributed by atoms with Gasteiger partial charge in [0.15, 0.2) is 5.96 Å². The molecule has 0 aliphatic rings. The number of aliphatic imine (C=N–C) groups is 1. The van der Waals surface area contributed by atoms with Gasteiger partial charge in [-0.15, -0.1) is 24.0 Å². The van der Waals surface area contributed by atoms with E-state index in [0.29, 0.717) is 30.4 Å². The summed E-state index contributed by atoms with van der Waals surface area (Å²) < 4.78 is 24.2. The lowest BCUT2D eigenvalue weighted by Gasteiger charge is -2.14. The van der Waals surface area contributed by atoms with Crippen molar-refractivity contribution in [2.45, 2.75) is 20.4 Å². The van der Waals surface area contributed by atoms with Crippen LogP contribution >= 0.6 is 35.6 Å². The molecule has 0 aromatic heterocycles. The first kappa shape index (κ1) is 22.3. The first-order valence-corrected chi connectivity index (χ1v) is 8.31. The highest BCUT2D eigenvalue weighted by atomic mass is 127. The molecule has 0 atom stereocenters. The van der Waals surface area contributed by atoms with E-state index in [1.165, 1.54) is 12.1 Å². The molecule has 0 saturated heterocycles. The second-order valence-electron chi connectivity index (χ2n) is 5.10. The third-order valence-electron chi connectivity index (χ3n) is 3.24. The SMILES string of the molecule is CCOc1ccc(OCC)c(NC(N)=NCc2ccc(F)c(Cl)c2)c1.I. The predicted octanol–water partition coefficient (Wildman–Crippen LogP) is 4.82. The molecule has 5 nitrogen and oxygen atoms in total. The Morgan fingerprint density at radius 3 is 2.54 bits per heavy atom. The summed E-state index contributed by atoms with van der Waals surface area (Å²) in [5, 5.41) is 3.06. The fourth-order valence-corrected chi connectivity index (χ4v) is 2.34. The van der Waals surface area contributed by atoms with Gasteiger partial charge in [0.25, 0.3) is 0 Å². The van der Waals surface area contributed by atoms with Crippen LogP contribution in [0.2, 0.25) is 5.02 Å². The second-order valence-corrected chi connectivity index (χ2v) is 5.51. The summed E-state index contributed by atoms with van der Waals surface area (Å²) in [6, 6.07) is 9.87. The summed E-state index contributed by atoms with van der Waals surface area (Å²) in [7, 11) is 0. The maximum absolute atomic E-state index is 13.2. The molecule has 0 spiro atoms. The number of halogens is 3. The molecule has 26 heavy (non-hydrogen) atoms. The molecular formula is C18H22ClFIN3O2. The second kappa shape index (κ2) is 11.1. The fourth-order valence-electron chi connectivity index (χ4n) is 2.14. The Hall–Kier alpha value is -1.74. The van der Waals surface area contributed by atoms with E-state index in [2.05, 4.69) is 10.3 Å². The number of benzene rings is 2. The van der Waals surface area contributed by atoms with E-state index < -0.39 is 5.82 Å². The van der Waals surface area contributed by atoms with Gasteiger partial charge in [0.2, 0.25) is 0 Å². The molecule has 0 radical (unpaired) electrons. The summed E-state index contributed by atoms with van der Waals surface area (Å²) in [5.41, 5.74) is 7.36. The smallest absolute Gasteiger partial charge is 0.193 e. The van der Waals surface area contributed by atoms with Crippen molar-refractivity contribution in [3.8, 4) is 11.5 Å². The predicted molar refractivity (Wildman–Crippen MR) is 115 cm³/mol. The Bertz CT molecular complexity index is 759. The highest BCUT2D eigenvalue weighted by Gasteiger charge is 2.07. The molecule has 0 saturated carbocycles. The number of nitrogens with zero attached hydrogens (tertiary/aromatic N) is 1. The average Bonchev–Trinajstić information content (AvgIpc) is 2.59. The number of nitrogens with two attached hydrogens (primary N) is 1. The molecule has 0 aliphatic carbocycles. The van der Waals surface area contributed by atoms with Gasteiger partial charge in [-0.1, -0.05) is 17.7 Å². The number of hydrogen-bond acceptors (Lipinski definition) is 3. The first-order chi connectivity index (χ1) is 12.0. The van der Waals surface area contributed by atoms with Crippen molar-refractivity contribution in [3.63, 3.8) is 0 Å². The van der Waals surface area contributed by atoms with Crippen LogP contribution in [0.3, 0.4) is 0 Å². The molecule has 2 aromatic rings. The molecule has 0 unspecified atom stereocenters. The molecule has 8 heteroatoms. The fraction of sp³-hybridized carbons (Fsp3) is 0.278. The van der Waals surface area contributed by atoms with E-state index in [-0.39, 0.29) is 41.5 Å². The van der Waals surface area contributed by atoms with Crippen LogP contribution in [-0.2, 0) is 6.54 Å². The van der Waals surface area contributed by atoms with Gasteiger partial charge < -0.3 is 20.5 Å². The Morgan fingerprint density at radius 2 is 1.88 bits per heavy atom. The Morgan fingerprint density at radius 1 is 1.15 bits per heavy atom. The van der Waals surface area contributed by atoms with Crippen LogP contribution in [0.15, 0.2) is 41.4 Å². The number of rotatable bonds is 7. The minimum absolute atomic E-state index is 0. The van der Waals surface area contributed by atoms with Crippen LogP contribution in [0, 0.1) is 5.82 Å². The maximum atomic E-state index is 13.2. The van der Waals surface area contributed by atoms with Gasteiger partial charge in [-0.05, 0) is 43.7 Å². The van der Waals surface area contributed by atoms with Crippen LogP contribution in [0.5, 0.6) is 11.5 Å². The van der Waals surface area contributed by atoms with Gasteiger partial charge in [-0.25, -0.2) is 9.38 Å². The third kappa shape index (κ3) is 6.53. The number of nitrogens with one attached hydrogen (secondary N) is 1. The zero-order valence-electron chi connectivity index (χ0n) is 14.6. The van der Waals surface area contributed by atoms with Gasteiger partial charge >= 0.3 is 0 Å². The van der Waals surface area contributed by atoms with Crippen molar-refractivity contribution in [1.29, 1.82) is 0 Å². The summed E-state index contributed by atoms with van der Waals surface area (Å²) >= 11 is 5.76. The van der Waals surface area contributed by atoms with Crippen molar-refractivity contribution in [1.82, 2.24) is 0 Å². The molecule has 0 aliphatic heterocycles. The number of anilines is 1. The van der Waals surface area contributed by atoms with Crippen molar-refractivity contribution in [2.24, 2.45) is 10.7 Å². The zero-order chi connectivity index (χ0) is 18.2. The largest absolute Gasteiger partial charge is 0.494 e. The third-order valence-corrected chi connectivity index (χ3v) is 3.53. The van der Waals surface area contributed by atoms with Crippen molar-refractivity contribution >= 4 is 47.2 Å². The van der Waals surface area contributed by atoms with E-state index in [9.17, 15) is 4.39 Å². The summed E-state index contributed by atoms with van der Waals surface area (Å²) in [5.74, 6) is 1.09. The van der Waals surface area contributed by atoms with Gasteiger partial charge in [-0.2, -0.15) is 0 Å². The quantitative estimate of drug-likeness (QED) is 0.330. The normalized spacial score (nSPS) is 10.8. The maximum Gasteiger partial charge on any atom is 0.193 e. The lowest BCUT2D eigenvalue weighted by molar-refractivity contribution is 0.332. The molecule has 0 amide bonds. The van der Waals surface area contributed by atoms with E-state index in [1.807, 2.05) is 26.0 Å². The standard InChI is InChI=1S/C18H21ClFN3O2.HI/c1-3-24-13-6-8-17(25-4-2)16(10-13)23-18(21)22-11-12-5-7-15(20)14(19)9-12;/h5-10H,3-4,11H2,1-2H3,(H3,21,22,23);1H. The van der Waals surface area contributed by atoms with Gasteiger partial charge in [0.05, 0.1) is 30.5 Å². The highest BCUT2D eigenvalue weighted by Crippen LogP contribution is 2.29. The Balaban J connectivity index is 0.00000338. The van der Waals surface area contributed by atoms with Gasteiger partial charge in [0, 0.05) is 6.07 Å². The molecule has 0 heterocycles. The van der Waals surface area contributed by atoms with Crippen molar-refractivity contribution in [3.05, 3.63) is 52.8 Å². The molecule has 2 rings (SSSR count). The van der Waals surface area contributed by atoms with Crippen LogP contribution in [0.4, 0.5) is 10.1 Å². The minimum atomic E-state index is -0.463. The zero-order valence-corrected chi connectivity index (χ0v) is 17.7. The number of ether oxygens (including phenoxy) is 2. The highest BCUT2D eigenvalue weighted by molar-refractivity contribution is 14.0.